The second kappa shape index (κ2) is 6.58. The molecule has 0 bridgehead atoms. The number of aliphatic carboxylic acids is 1. The summed E-state index contributed by atoms with van der Waals surface area (Å²) >= 11 is 6.08. The van der Waals surface area contributed by atoms with Gasteiger partial charge in [-0.25, -0.2) is 0 Å². The third-order valence-corrected chi connectivity index (χ3v) is 5.47. The molecule has 4 rings (SSSR count). The van der Waals surface area contributed by atoms with Gasteiger partial charge < -0.3 is 14.5 Å². The smallest absolute Gasteiger partial charge is 0.0473 e. The first-order valence-electron chi connectivity index (χ1n) is 9.11. The summed E-state index contributed by atoms with van der Waals surface area (Å²) in [5.41, 5.74) is 6.30. The van der Waals surface area contributed by atoms with Gasteiger partial charge in [-0.05, 0) is 35.1 Å². The molecule has 0 N–H and O–H groups in total. The van der Waals surface area contributed by atoms with Crippen LogP contribution in [0, 0.1) is 5.41 Å². The molecule has 3 aromatic rings. The zero-order chi connectivity index (χ0) is 19.2. The van der Waals surface area contributed by atoms with Gasteiger partial charge in [0.05, 0.1) is 0 Å². The molecular formula is C23H21ClNO2-. The largest absolute Gasteiger partial charge is 0.550 e. The van der Waals surface area contributed by atoms with Crippen LogP contribution >= 0.6 is 11.6 Å². The summed E-state index contributed by atoms with van der Waals surface area (Å²) < 4.78 is 2.20. The van der Waals surface area contributed by atoms with Crippen LogP contribution in [0.5, 0.6) is 0 Å². The molecule has 1 aliphatic rings. The molecule has 0 atom stereocenters. The number of halogens is 1. The van der Waals surface area contributed by atoms with Gasteiger partial charge in [0.25, 0.3) is 0 Å². The lowest BCUT2D eigenvalue weighted by Crippen LogP contribution is -2.26. The topological polar surface area (TPSA) is 45.1 Å². The van der Waals surface area contributed by atoms with E-state index in [9.17, 15) is 9.90 Å². The molecule has 0 unspecified atom stereocenters. The lowest BCUT2D eigenvalue weighted by Gasteiger charge is -2.19. The van der Waals surface area contributed by atoms with E-state index >= 15 is 0 Å². The van der Waals surface area contributed by atoms with Crippen molar-refractivity contribution < 1.29 is 9.90 Å². The number of benzene rings is 2. The highest BCUT2D eigenvalue weighted by Crippen LogP contribution is 2.46. The number of hydrogen-bond acceptors (Lipinski definition) is 2. The molecule has 3 nitrogen and oxygen atoms in total. The van der Waals surface area contributed by atoms with E-state index < -0.39 is 5.97 Å². The zero-order valence-electron chi connectivity index (χ0n) is 15.5. The van der Waals surface area contributed by atoms with Crippen LogP contribution in [-0.2, 0) is 24.2 Å². The summed E-state index contributed by atoms with van der Waals surface area (Å²) in [7, 11) is 0. The monoisotopic (exact) mass is 378 g/mol. The lowest BCUT2D eigenvalue weighted by atomic mass is 9.86. The van der Waals surface area contributed by atoms with Gasteiger partial charge in [-0.3, -0.25) is 0 Å². The first-order chi connectivity index (χ1) is 12.9. The van der Waals surface area contributed by atoms with Crippen LogP contribution in [0.2, 0.25) is 5.02 Å². The predicted octanol–water partition coefficient (Wildman–Crippen LogP) is 4.35. The number of carboxylic acids is 1. The molecule has 0 spiro atoms. The number of carbonyl (C=O) groups excluding carboxylic acids is 1. The molecule has 0 radical (unpaired) electrons. The summed E-state index contributed by atoms with van der Waals surface area (Å²) in [4.78, 5) is 11.6. The van der Waals surface area contributed by atoms with Crippen molar-refractivity contribution in [2.24, 2.45) is 5.41 Å². The van der Waals surface area contributed by atoms with Crippen LogP contribution in [0.3, 0.4) is 0 Å². The van der Waals surface area contributed by atoms with E-state index in [1.165, 1.54) is 5.69 Å². The Balaban J connectivity index is 2.03. The highest BCUT2D eigenvalue weighted by molar-refractivity contribution is 6.30. The van der Waals surface area contributed by atoms with Crippen LogP contribution in [0.15, 0.2) is 54.6 Å². The SMILES string of the molecule is CC1(C)Cc2c(-c3ccccc3)c(-c3ccc(Cl)cc3)c(CC(=O)[O-])n2C1. The van der Waals surface area contributed by atoms with Crippen molar-refractivity contribution >= 4 is 17.6 Å². The summed E-state index contributed by atoms with van der Waals surface area (Å²) in [5, 5.41) is 12.2. The van der Waals surface area contributed by atoms with Crippen molar-refractivity contribution in [3.8, 4) is 22.3 Å². The Morgan fingerprint density at radius 2 is 1.67 bits per heavy atom. The molecule has 0 amide bonds. The minimum Gasteiger partial charge on any atom is -0.550 e. The molecule has 2 aromatic carbocycles. The number of nitrogens with zero attached hydrogens (tertiary/aromatic N) is 1. The van der Waals surface area contributed by atoms with Crippen molar-refractivity contribution in [1.29, 1.82) is 0 Å². The zero-order valence-corrected chi connectivity index (χ0v) is 16.2. The highest BCUT2D eigenvalue weighted by Gasteiger charge is 2.35. The quantitative estimate of drug-likeness (QED) is 0.677. The van der Waals surface area contributed by atoms with Gasteiger partial charge in [0, 0.05) is 46.5 Å². The summed E-state index contributed by atoms with van der Waals surface area (Å²) in [6, 6.07) is 17.8. The molecule has 0 saturated carbocycles. The average Bonchev–Trinajstić information content (AvgIpc) is 3.07. The minimum absolute atomic E-state index is 0.0953. The molecule has 4 heteroatoms. The maximum absolute atomic E-state index is 11.6. The number of fused-ring (bicyclic) bond motifs is 1. The van der Waals surface area contributed by atoms with Gasteiger partial charge in [-0.15, -0.1) is 0 Å². The van der Waals surface area contributed by atoms with E-state index in [0.29, 0.717) is 5.02 Å². The fourth-order valence-electron chi connectivity index (χ4n) is 4.20. The number of carbonyl (C=O) groups is 1. The predicted molar refractivity (Wildman–Crippen MR) is 107 cm³/mol. The van der Waals surface area contributed by atoms with E-state index in [-0.39, 0.29) is 11.8 Å². The van der Waals surface area contributed by atoms with Gasteiger partial charge in [0.15, 0.2) is 0 Å². The molecule has 1 aromatic heterocycles. The normalized spacial score (nSPS) is 14.9. The van der Waals surface area contributed by atoms with E-state index in [0.717, 1.165) is 40.9 Å². The average molecular weight is 379 g/mol. The van der Waals surface area contributed by atoms with Crippen molar-refractivity contribution in [3.63, 3.8) is 0 Å². The second-order valence-electron chi connectivity index (χ2n) is 7.99. The van der Waals surface area contributed by atoms with Crippen LogP contribution in [0.1, 0.15) is 25.2 Å². The van der Waals surface area contributed by atoms with Gasteiger partial charge >= 0.3 is 0 Å². The Bertz CT molecular complexity index is 1000. The van der Waals surface area contributed by atoms with Gasteiger partial charge in [0.1, 0.15) is 0 Å². The number of hydrogen-bond donors (Lipinski definition) is 0. The number of aromatic nitrogens is 1. The van der Waals surface area contributed by atoms with Crippen molar-refractivity contribution in [2.45, 2.75) is 33.2 Å². The third kappa shape index (κ3) is 3.28. The van der Waals surface area contributed by atoms with E-state index in [1.54, 1.807) is 0 Å². The van der Waals surface area contributed by atoms with Gasteiger partial charge in [-0.2, -0.15) is 0 Å². The first-order valence-corrected chi connectivity index (χ1v) is 9.49. The lowest BCUT2D eigenvalue weighted by molar-refractivity contribution is -0.304. The molecule has 0 saturated heterocycles. The third-order valence-electron chi connectivity index (χ3n) is 5.22. The highest BCUT2D eigenvalue weighted by atomic mass is 35.5. The van der Waals surface area contributed by atoms with E-state index in [4.69, 9.17) is 11.6 Å². The van der Waals surface area contributed by atoms with Crippen LogP contribution in [0.25, 0.3) is 22.3 Å². The minimum atomic E-state index is -1.06. The summed E-state index contributed by atoms with van der Waals surface area (Å²) in [6.45, 7) is 5.25. The fraction of sp³-hybridized carbons (Fsp3) is 0.261. The van der Waals surface area contributed by atoms with Crippen molar-refractivity contribution in [2.75, 3.05) is 0 Å². The van der Waals surface area contributed by atoms with Gasteiger partial charge in [-0.1, -0.05) is 67.9 Å². The van der Waals surface area contributed by atoms with Crippen molar-refractivity contribution in [1.82, 2.24) is 4.57 Å². The Kier molecular flexibility index (Phi) is 4.35. The van der Waals surface area contributed by atoms with Gasteiger partial charge in [0.2, 0.25) is 0 Å². The number of carboxylic acid groups (broad SMARTS) is 1. The standard InChI is InChI=1S/C23H22ClNO2/c1-23(2)13-19-22(15-6-4-3-5-7-15)21(16-8-10-17(24)11-9-16)18(12-20(26)27)25(19)14-23/h3-11H,12-14H2,1-2H3,(H,26,27)/p-1. The fourth-order valence-corrected chi connectivity index (χ4v) is 4.32. The molecule has 138 valence electrons. The first kappa shape index (κ1) is 17.9. The van der Waals surface area contributed by atoms with E-state index in [1.807, 2.05) is 42.5 Å². The van der Waals surface area contributed by atoms with Crippen LogP contribution < -0.4 is 5.11 Å². The molecule has 0 aliphatic carbocycles. The van der Waals surface area contributed by atoms with Crippen LogP contribution in [-0.4, -0.2) is 10.5 Å². The second-order valence-corrected chi connectivity index (χ2v) is 8.43. The maximum Gasteiger partial charge on any atom is 0.0473 e. The Hall–Kier alpha value is -2.52. The number of rotatable bonds is 4. The summed E-state index contributed by atoms with van der Waals surface area (Å²) in [6.07, 6.45) is 0.804. The Labute approximate surface area is 164 Å². The molecule has 27 heavy (non-hydrogen) atoms. The Morgan fingerprint density at radius 1 is 1.04 bits per heavy atom. The maximum atomic E-state index is 11.6. The van der Waals surface area contributed by atoms with Crippen molar-refractivity contribution in [3.05, 3.63) is 71.0 Å². The molecule has 2 heterocycles. The van der Waals surface area contributed by atoms with E-state index in [2.05, 4.69) is 30.5 Å². The molecule has 0 fully saturated rings. The summed E-state index contributed by atoms with van der Waals surface area (Å²) in [5.74, 6) is -1.06. The Morgan fingerprint density at radius 3 is 2.30 bits per heavy atom. The molecule has 1 aliphatic heterocycles. The molecular weight excluding hydrogens is 358 g/mol. The van der Waals surface area contributed by atoms with Crippen LogP contribution in [0.4, 0.5) is 0 Å².